The molecular weight excluding hydrogens is 390 g/mol. The zero-order valence-corrected chi connectivity index (χ0v) is 17.2. The number of pyridine rings is 1. The number of hydrogen-bond donors (Lipinski definition) is 2. The molecule has 0 aliphatic heterocycles. The fourth-order valence-corrected chi connectivity index (χ4v) is 3.14. The molecule has 0 aliphatic carbocycles. The second-order valence-electron chi connectivity index (χ2n) is 7.13. The molecule has 0 atom stereocenters. The lowest BCUT2D eigenvalue weighted by Crippen LogP contribution is -2.24. The van der Waals surface area contributed by atoms with Gasteiger partial charge in [0.25, 0.3) is 11.8 Å². The minimum atomic E-state index is -0.259. The normalized spacial score (nSPS) is 10.6. The van der Waals surface area contributed by atoms with Crippen LogP contribution in [0.1, 0.15) is 37.7 Å². The van der Waals surface area contributed by atoms with Crippen LogP contribution in [0.3, 0.4) is 0 Å². The van der Waals surface area contributed by atoms with Crippen LogP contribution in [0.2, 0.25) is 0 Å². The molecule has 7 heteroatoms. The van der Waals surface area contributed by atoms with Crippen LogP contribution in [-0.4, -0.2) is 26.8 Å². The molecule has 0 fully saturated rings. The molecule has 0 unspecified atom stereocenters. The number of rotatable bonds is 5. The molecule has 2 aromatic heterocycles. The van der Waals surface area contributed by atoms with Gasteiger partial charge in [0, 0.05) is 30.2 Å². The standard InChI is InChI=1S/C24H21N5O2/c1-15-16(2)28-22-12-17(9-10-21(22)27-15)23(30)26-14-18-6-3-4-8-20(18)29-24(31)19-7-5-11-25-13-19/h3-13H,14H2,1-2H3,(H,26,30)(H,29,31). The Kier molecular flexibility index (Phi) is 5.66. The van der Waals surface area contributed by atoms with Crippen LogP contribution < -0.4 is 10.6 Å². The molecule has 0 bridgehead atoms. The number of nitrogens with zero attached hydrogens (tertiary/aromatic N) is 3. The van der Waals surface area contributed by atoms with E-state index in [0.717, 1.165) is 22.5 Å². The molecule has 2 N–H and O–H groups in total. The highest BCUT2D eigenvalue weighted by Crippen LogP contribution is 2.17. The Morgan fingerprint density at radius 2 is 1.61 bits per heavy atom. The number of aromatic nitrogens is 3. The van der Waals surface area contributed by atoms with E-state index < -0.39 is 0 Å². The van der Waals surface area contributed by atoms with Crippen LogP contribution in [-0.2, 0) is 6.54 Å². The Morgan fingerprint density at radius 1 is 0.839 bits per heavy atom. The Labute approximate surface area is 179 Å². The molecule has 2 heterocycles. The number of benzene rings is 2. The van der Waals surface area contributed by atoms with Crippen molar-refractivity contribution in [3.8, 4) is 0 Å². The fraction of sp³-hybridized carbons (Fsp3) is 0.125. The summed E-state index contributed by atoms with van der Waals surface area (Å²) in [4.78, 5) is 38.1. The summed E-state index contributed by atoms with van der Waals surface area (Å²) >= 11 is 0. The minimum Gasteiger partial charge on any atom is -0.348 e. The fourth-order valence-electron chi connectivity index (χ4n) is 3.14. The van der Waals surface area contributed by atoms with Gasteiger partial charge in [-0.05, 0) is 55.8 Å². The van der Waals surface area contributed by atoms with Gasteiger partial charge in [-0.25, -0.2) is 9.97 Å². The molecule has 154 valence electrons. The number of fused-ring (bicyclic) bond motifs is 1. The number of aryl methyl sites for hydroxylation is 2. The van der Waals surface area contributed by atoms with Crippen molar-refractivity contribution in [3.05, 3.63) is 95.1 Å². The van der Waals surface area contributed by atoms with Gasteiger partial charge in [-0.3, -0.25) is 14.6 Å². The zero-order chi connectivity index (χ0) is 21.8. The number of nitrogens with one attached hydrogen (secondary N) is 2. The molecule has 4 rings (SSSR count). The van der Waals surface area contributed by atoms with Gasteiger partial charge in [-0.1, -0.05) is 18.2 Å². The third kappa shape index (κ3) is 4.56. The summed E-state index contributed by atoms with van der Waals surface area (Å²) in [7, 11) is 0. The van der Waals surface area contributed by atoms with Gasteiger partial charge >= 0.3 is 0 Å². The van der Waals surface area contributed by atoms with E-state index in [-0.39, 0.29) is 18.4 Å². The second kappa shape index (κ2) is 8.71. The van der Waals surface area contributed by atoms with E-state index in [1.165, 1.54) is 6.20 Å². The largest absolute Gasteiger partial charge is 0.348 e. The number of anilines is 1. The smallest absolute Gasteiger partial charge is 0.257 e. The van der Waals surface area contributed by atoms with Crippen LogP contribution >= 0.6 is 0 Å². The van der Waals surface area contributed by atoms with Gasteiger partial charge in [0.1, 0.15) is 0 Å². The molecule has 7 nitrogen and oxygen atoms in total. The summed E-state index contributed by atoms with van der Waals surface area (Å²) < 4.78 is 0. The van der Waals surface area contributed by atoms with Crippen LogP contribution in [0.25, 0.3) is 11.0 Å². The molecule has 0 saturated carbocycles. The molecule has 4 aromatic rings. The Bertz CT molecular complexity index is 1270. The molecule has 2 amide bonds. The second-order valence-corrected chi connectivity index (χ2v) is 7.13. The van der Waals surface area contributed by atoms with Crippen molar-refractivity contribution in [2.45, 2.75) is 20.4 Å². The molecule has 0 spiro atoms. The molecule has 31 heavy (non-hydrogen) atoms. The first-order valence-electron chi connectivity index (χ1n) is 9.84. The predicted octanol–water partition coefficient (Wildman–Crippen LogP) is 3.82. The average molecular weight is 411 g/mol. The molecular formula is C24H21N5O2. The first-order chi connectivity index (χ1) is 15.0. The van der Waals surface area contributed by atoms with E-state index in [1.54, 1.807) is 42.6 Å². The summed E-state index contributed by atoms with van der Waals surface area (Å²) in [5, 5.41) is 5.79. The average Bonchev–Trinajstić information content (AvgIpc) is 2.79. The van der Waals surface area contributed by atoms with E-state index in [9.17, 15) is 9.59 Å². The van der Waals surface area contributed by atoms with Crippen LogP contribution in [0.15, 0.2) is 67.0 Å². The Morgan fingerprint density at radius 3 is 2.39 bits per heavy atom. The molecule has 2 aromatic carbocycles. The Balaban J connectivity index is 1.48. The molecule has 0 radical (unpaired) electrons. The van der Waals surface area contributed by atoms with Crippen molar-refractivity contribution < 1.29 is 9.59 Å². The van der Waals surface area contributed by atoms with E-state index in [1.807, 2.05) is 32.0 Å². The summed E-state index contributed by atoms with van der Waals surface area (Å²) in [5.74, 6) is -0.485. The Hall–Kier alpha value is -4.13. The first kappa shape index (κ1) is 20.2. The summed E-state index contributed by atoms with van der Waals surface area (Å²) in [6.07, 6.45) is 3.12. The molecule has 0 aliphatic rings. The van der Waals surface area contributed by atoms with Gasteiger partial charge in [0.05, 0.1) is 28.0 Å². The lowest BCUT2D eigenvalue weighted by molar-refractivity contribution is 0.0950. The quantitative estimate of drug-likeness (QED) is 0.520. The maximum atomic E-state index is 12.7. The van der Waals surface area contributed by atoms with Crippen LogP contribution in [0.4, 0.5) is 5.69 Å². The van der Waals surface area contributed by atoms with Crippen molar-refractivity contribution in [1.29, 1.82) is 0 Å². The van der Waals surface area contributed by atoms with Crippen molar-refractivity contribution in [2.75, 3.05) is 5.32 Å². The highest BCUT2D eigenvalue weighted by atomic mass is 16.2. The summed E-state index contributed by atoms with van der Waals surface area (Å²) in [6, 6.07) is 16.0. The number of carbonyl (C=O) groups excluding carboxylic acids is 2. The highest BCUT2D eigenvalue weighted by Gasteiger charge is 2.12. The van der Waals surface area contributed by atoms with Gasteiger partial charge in [-0.15, -0.1) is 0 Å². The van der Waals surface area contributed by atoms with Crippen molar-refractivity contribution in [2.24, 2.45) is 0 Å². The van der Waals surface area contributed by atoms with E-state index in [2.05, 4.69) is 25.6 Å². The van der Waals surface area contributed by atoms with Crippen LogP contribution in [0.5, 0.6) is 0 Å². The van der Waals surface area contributed by atoms with Gasteiger partial charge < -0.3 is 10.6 Å². The van der Waals surface area contributed by atoms with Crippen molar-refractivity contribution in [3.63, 3.8) is 0 Å². The SMILES string of the molecule is Cc1nc2ccc(C(=O)NCc3ccccc3NC(=O)c3cccnc3)cc2nc1C. The lowest BCUT2D eigenvalue weighted by atomic mass is 10.1. The lowest BCUT2D eigenvalue weighted by Gasteiger charge is -2.12. The number of para-hydroxylation sites is 1. The monoisotopic (exact) mass is 411 g/mol. The van der Waals surface area contributed by atoms with Gasteiger partial charge in [0.2, 0.25) is 0 Å². The maximum Gasteiger partial charge on any atom is 0.257 e. The van der Waals surface area contributed by atoms with E-state index in [4.69, 9.17) is 0 Å². The third-order valence-electron chi connectivity index (χ3n) is 4.97. The van der Waals surface area contributed by atoms with Gasteiger partial charge in [0.15, 0.2) is 0 Å². The van der Waals surface area contributed by atoms with Crippen molar-refractivity contribution >= 4 is 28.5 Å². The summed E-state index contributed by atoms with van der Waals surface area (Å²) in [5.41, 5.74) is 5.53. The maximum absolute atomic E-state index is 12.7. The number of carbonyl (C=O) groups is 2. The van der Waals surface area contributed by atoms with E-state index >= 15 is 0 Å². The number of amides is 2. The summed E-state index contributed by atoms with van der Waals surface area (Å²) in [6.45, 7) is 4.07. The third-order valence-corrected chi connectivity index (χ3v) is 4.97. The zero-order valence-electron chi connectivity index (χ0n) is 17.2. The van der Waals surface area contributed by atoms with Crippen LogP contribution in [0, 0.1) is 13.8 Å². The molecule has 0 saturated heterocycles. The minimum absolute atomic E-state index is 0.227. The number of hydrogen-bond acceptors (Lipinski definition) is 5. The highest BCUT2D eigenvalue weighted by molar-refractivity contribution is 6.04. The van der Waals surface area contributed by atoms with Gasteiger partial charge in [-0.2, -0.15) is 0 Å². The van der Waals surface area contributed by atoms with Crippen molar-refractivity contribution in [1.82, 2.24) is 20.3 Å². The topological polar surface area (TPSA) is 96.9 Å². The van der Waals surface area contributed by atoms with E-state index in [0.29, 0.717) is 22.3 Å². The predicted molar refractivity (Wildman–Crippen MR) is 119 cm³/mol. The first-order valence-corrected chi connectivity index (χ1v) is 9.84.